The maximum absolute atomic E-state index is 11.5. The fourth-order valence-electron chi connectivity index (χ4n) is 2.83. The van der Waals surface area contributed by atoms with Gasteiger partial charge in [-0.1, -0.05) is 13.0 Å². The van der Waals surface area contributed by atoms with Crippen LogP contribution in [-0.4, -0.2) is 43.5 Å². The van der Waals surface area contributed by atoms with Crippen molar-refractivity contribution in [1.29, 1.82) is 0 Å². The SMILES string of the molecule is CC1CN(CCc2ccc3c(c2)OCCO3)CCC1=O. The van der Waals surface area contributed by atoms with Gasteiger partial charge in [0.2, 0.25) is 0 Å². The van der Waals surface area contributed by atoms with Gasteiger partial charge in [-0.2, -0.15) is 0 Å². The highest BCUT2D eigenvalue weighted by atomic mass is 16.6. The summed E-state index contributed by atoms with van der Waals surface area (Å²) < 4.78 is 11.1. The Kier molecular flexibility index (Phi) is 3.92. The monoisotopic (exact) mass is 275 g/mol. The molecule has 4 heteroatoms. The molecule has 0 N–H and O–H groups in total. The number of benzene rings is 1. The number of Topliss-reactive ketones (excluding diaryl/α,β-unsaturated/α-hetero) is 1. The standard InChI is InChI=1S/C16H21NO3/c1-12-11-17(7-5-14(12)18)6-4-13-2-3-15-16(10-13)20-9-8-19-15/h2-3,10,12H,4-9,11H2,1H3. The number of hydrogen-bond acceptors (Lipinski definition) is 4. The fourth-order valence-corrected chi connectivity index (χ4v) is 2.83. The van der Waals surface area contributed by atoms with Crippen LogP contribution in [0.4, 0.5) is 0 Å². The molecule has 0 bridgehead atoms. The smallest absolute Gasteiger partial charge is 0.161 e. The molecule has 0 spiro atoms. The molecule has 3 rings (SSSR count). The van der Waals surface area contributed by atoms with Gasteiger partial charge in [-0.15, -0.1) is 0 Å². The van der Waals surface area contributed by atoms with Crippen molar-refractivity contribution in [2.45, 2.75) is 19.8 Å². The minimum absolute atomic E-state index is 0.184. The summed E-state index contributed by atoms with van der Waals surface area (Å²) in [6, 6.07) is 6.17. The number of likely N-dealkylation sites (tertiary alicyclic amines) is 1. The van der Waals surface area contributed by atoms with Crippen molar-refractivity contribution >= 4 is 5.78 Å². The number of piperidine rings is 1. The van der Waals surface area contributed by atoms with Crippen LogP contribution in [0.2, 0.25) is 0 Å². The fraction of sp³-hybridized carbons (Fsp3) is 0.562. The molecule has 0 saturated carbocycles. The van der Waals surface area contributed by atoms with E-state index in [9.17, 15) is 4.79 Å². The summed E-state index contributed by atoms with van der Waals surface area (Å²) in [5, 5.41) is 0. The molecule has 1 atom stereocenters. The van der Waals surface area contributed by atoms with E-state index in [4.69, 9.17) is 9.47 Å². The minimum atomic E-state index is 0.184. The van der Waals surface area contributed by atoms with E-state index in [0.29, 0.717) is 25.4 Å². The van der Waals surface area contributed by atoms with Crippen molar-refractivity contribution in [3.63, 3.8) is 0 Å². The number of fused-ring (bicyclic) bond motifs is 1. The van der Waals surface area contributed by atoms with Gasteiger partial charge in [0.05, 0.1) is 0 Å². The minimum Gasteiger partial charge on any atom is -0.486 e. The van der Waals surface area contributed by atoms with Gasteiger partial charge >= 0.3 is 0 Å². The molecule has 1 saturated heterocycles. The lowest BCUT2D eigenvalue weighted by Gasteiger charge is -2.30. The highest BCUT2D eigenvalue weighted by Gasteiger charge is 2.23. The van der Waals surface area contributed by atoms with E-state index >= 15 is 0 Å². The van der Waals surface area contributed by atoms with Crippen molar-refractivity contribution in [2.24, 2.45) is 5.92 Å². The molecule has 0 radical (unpaired) electrons. The van der Waals surface area contributed by atoms with Crippen molar-refractivity contribution in [3.05, 3.63) is 23.8 Å². The molecule has 0 aromatic heterocycles. The number of rotatable bonds is 3. The lowest BCUT2D eigenvalue weighted by Crippen LogP contribution is -2.40. The molecule has 2 aliphatic heterocycles. The largest absolute Gasteiger partial charge is 0.486 e. The predicted molar refractivity (Wildman–Crippen MR) is 76.4 cm³/mol. The van der Waals surface area contributed by atoms with E-state index in [1.165, 1.54) is 5.56 Å². The number of ketones is 1. The maximum Gasteiger partial charge on any atom is 0.161 e. The highest BCUT2D eigenvalue weighted by Crippen LogP contribution is 2.30. The lowest BCUT2D eigenvalue weighted by molar-refractivity contribution is -0.125. The lowest BCUT2D eigenvalue weighted by atomic mass is 9.98. The molecule has 1 fully saturated rings. The molecule has 0 aliphatic carbocycles. The second-order valence-electron chi connectivity index (χ2n) is 5.65. The van der Waals surface area contributed by atoms with Crippen molar-refractivity contribution < 1.29 is 14.3 Å². The van der Waals surface area contributed by atoms with E-state index < -0.39 is 0 Å². The van der Waals surface area contributed by atoms with E-state index in [-0.39, 0.29) is 5.92 Å². The Morgan fingerprint density at radius 3 is 2.85 bits per heavy atom. The van der Waals surface area contributed by atoms with Crippen LogP contribution >= 0.6 is 0 Å². The molecule has 1 aromatic carbocycles. The average molecular weight is 275 g/mol. The molecule has 0 amide bonds. The first-order valence-corrected chi connectivity index (χ1v) is 7.36. The molecular weight excluding hydrogens is 254 g/mol. The number of nitrogens with zero attached hydrogens (tertiary/aromatic N) is 1. The first-order valence-electron chi connectivity index (χ1n) is 7.36. The van der Waals surface area contributed by atoms with Gasteiger partial charge in [0.15, 0.2) is 11.5 Å². The van der Waals surface area contributed by atoms with Crippen LogP contribution in [-0.2, 0) is 11.2 Å². The Bertz CT molecular complexity index is 500. The highest BCUT2D eigenvalue weighted by molar-refractivity contribution is 5.81. The van der Waals surface area contributed by atoms with E-state index in [1.807, 2.05) is 13.0 Å². The summed E-state index contributed by atoms with van der Waals surface area (Å²) >= 11 is 0. The number of hydrogen-bond donors (Lipinski definition) is 0. The zero-order valence-electron chi connectivity index (χ0n) is 11.9. The summed E-state index contributed by atoms with van der Waals surface area (Å²) in [7, 11) is 0. The first kappa shape index (κ1) is 13.4. The predicted octanol–water partition coefficient (Wildman–Crippen LogP) is 1.91. The molecule has 20 heavy (non-hydrogen) atoms. The summed E-state index contributed by atoms with van der Waals surface area (Å²) in [6.07, 6.45) is 1.68. The first-order chi connectivity index (χ1) is 9.72. The van der Waals surface area contributed by atoms with Crippen molar-refractivity contribution in [1.82, 2.24) is 4.90 Å². The van der Waals surface area contributed by atoms with Gasteiger partial charge in [-0.05, 0) is 24.1 Å². The third-order valence-electron chi connectivity index (χ3n) is 4.08. The van der Waals surface area contributed by atoms with Crippen LogP contribution in [0.25, 0.3) is 0 Å². The van der Waals surface area contributed by atoms with Gasteiger partial charge in [0.1, 0.15) is 19.0 Å². The van der Waals surface area contributed by atoms with Crippen LogP contribution in [0.3, 0.4) is 0 Å². The average Bonchev–Trinajstić information content (AvgIpc) is 2.48. The third-order valence-corrected chi connectivity index (χ3v) is 4.08. The van der Waals surface area contributed by atoms with Crippen LogP contribution in [0.5, 0.6) is 11.5 Å². The van der Waals surface area contributed by atoms with Gasteiger partial charge < -0.3 is 14.4 Å². The molecule has 4 nitrogen and oxygen atoms in total. The third kappa shape index (κ3) is 2.96. The molecule has 108 valence electrons. The van der Waals surface area contributed by atoms with E-state index in [2.05, 4.69) is 17.0 Å². The van der Waals surface area contributed by atoms with Gasteiger partial charge in [-0.3, -0.25) is 4.79 Å². The number of carbonyl (C=O) groups excluding carboxylic acids is 1. The Labute approximate surface area is 119 Å². The van der Waals surface area contributed by atoms with Crippen LogP contribution in [0, 0.1) is 5.92 Å². The van der Waals surface area contributed by atoms with Crippen LogP contribution < -0.4 is 9.47 Å². The van der Waals surface area contributed by atoms with Gasteiger partial charge in [0.25, 0.3) is 0 Å². The van der Waals surface area contributed by atoms with Crippen molar-refractivity contribution in [3.8, 4) is 11.5 Å². The van der Waals surface area contributed by atoms with E-state index in [1.54, 1.807) is 0 Å². The quantitative estimate of drug-likeness (QED) is 0.844. The zero-order chi connectivity index (χ0) is 13.9. The van der Waals surface area contributed by atoms with Gasteiger partial charge in [0, 0.05) is 32.0 Å². The summed E-state index contributed by atoms with van der Waals surface area (Å²) in [5.74, 6) is 2.29. The Hall–Kier alpha value is -1.55. The molecule has 1 unspecified atom stereocenters. The Balaban J connectivity index is 1.57. The van der Waals surface area contributed by atoms with Crippen LogP contribution in [0.1, 0.15) is 18.9 Å². The molecule has 2 heterocycles. The maximum atomic E-state index is 11.5. The summed E-state index contributed by atoms with van der Waals surface area (Å²) in [6.45, 7) is 6.07. The van der Waals surface area contributed by atoms with Crippen molar-refractivity contribution in [2.75, 3.05) is 32.8 Å². The molecule has 2 aliphatic rings. The Morgan fingerprint density at radius 2 is 2.05 bits per heavy atom. The zero-order valence-corrected chi connectivity index (χ0v) is 11.9. The second-order valence-corrected chi connectivity index (χ2v) is 5.65. The van der Waals surface area contributed by atoms with Gasteiger partial charge in [-0.25, -0.2) is 0 Å². The normalized spacial score (nSPS) is 22.9. The number of carbonyl (C=O) groups is 1. The topological polar surface area (TPSA) is 38.8 Å². The Morgan fingerprint density at radius 1 is 1.25 bits per heavy atom. The number of ether oxygens (including phenoxy) is 2. The molecular formula is C16H21NO3. The molecule has 1 aromatic rings. The van der Waals surface area contributed by atoms with E-state index in [0.717, 1.165) is 37.6 Å². The second kappa shape index (κ2) is 5.83. The summed E-state index contributed by atoms with van der Waals surface area (Å²) in [5.41, 5.74) is 1.26. The van der Waals surface area contributed by atoms with Crippen LogP contribution in [0.15, 0.2) is 18.2 Å². The summed E-state index contributed by atoms with van der Waals surface area (Å²) in [4.78, 5) is 13.9.